The third-order valence-electron chi connectivity index (χ3n) is 3.62. The second-order valence-corrected chi connectivity index (χ2v) is 5.88. The molecule has 0 saturated carbocycles. The summed E-state index contributed by atoms with van der Waals surface area (Å²) in [6.07, 6.45) is 0. The lowest BCUT2D eigenvalue weighted by atomic mass is 10.0. The molecule has 4 heteroatoms. The van der Waals surface area contributed by atoms with Crippen molar-refractivity contribution in [1.29, 1.82) is 0 Å². The van der Waals surface area contributed by atoms with Crippen LogP contribution in [0.1, 0.15) is 24.1 Å². The zero-order valence-corrected chi connectivity index (χ0v) is 13.8. The summed E-state index contributed by atoms with van der Waals surface area (Å²) in [4.78, 5) is 2.25. The molecule has 0 bridgehead atoms. The van der Waals surface area contributed by atoms with Crippen molar-refractivity contribution in [3.8, 4) is 0 Å². The van der Waals surface area contributed by atoms with Crippen LogP contribution >= 0.6 is 23.2 Å². The molecule has 0 saturated heterocycles. The van der Waals surface area contributed by atoms with E-state index in [4.69, 9.17) is 28.9 Å². The highest BCUT2D eigenvalue weighted by Crippen LogP contribution is 2.32. The Morgan fingerprint density at radius 1 is 1.10 bits per heavy atom. The smallest absolute Gasteiger partial charge is 0.0679 e. The van der Waals surface area contributed by atoms with Crippen molar-refractivity contribution in [2.45, 2.75) is 19.9 Å². The quantitative estimate of drug-likeness (QED) is 0.854. The fourth-order valence-corrected chi connectivity index (χ4v) is 2.94. The summed E-state index contributed by atoms with van der Waals surface area (Å²) < 4.78 is 0. The number of hydrogen-bond donors (Lipinski definition) is 1. The number of nitrogens with two attached hydrogens (primary N) is 1. The van der Waals surface area contributed by atoms with Crippen molar-refractivity contribution in [3.05, 3.63) is 63.6 Å². The van der Waals surface area contributed by atoms with Gasteiger partial charge in [0.25, 0.3) is 0 Å². The highest BCUT2D eigenvalue weighted by molar-refractivity contribution is 6.33. The highest BCUT2D eigenvalue weighted by Gasteiger charge is 2.21. The first kappa shape index (κ1) is 16.2. The highest BCUT2D eigenvalue weighted by atomic mass is 35.5. The van der Waals surface area contributed by atoms with Crippen LogP contribution in [0.25, 0.3) is 0 Å². The number of nitrogens with zero attached hydrogens (tertiary/aromatic N) is 1. The van der Waals surface area contributed by atoms with Crippen LogP contribution in [0.5, 0.6) is 0 Å². The van der Waals surface area contributed by atoms with E-state index < -0.39 is 0 Å². The van der Waals surface area contributed by atoms with Crippen molar-refractivity contribution in [1.82, 2.24) is 0 Å². The number of hydrogen-bond acceptors (Lipinski definition) is 2. The lowest BCUT2D eigenvalue weighted by Gasteiger charge is -2.33. The van der Waals surface area contributed by atoms with Gasteiger partial charge < -0.3 is 10.6 Å². The van der Waals surface area contributed by atoms with E-state index in [1.54, 1.807) is 6.07 Å². The number of halogens is 2. The molecule has 112 valence electrons. The zero-order valence-electron chi connectivity index (χ0n) is 12.3. The molecule has 0 fully saturated rings. The summed E-state index contributed by atoms with van der Waals surface area (Å²) in [5.74, 6) is 0. The van der Waals surface area contributed by atoms with E-state index in [1.165, 1.54) is 5.56 Å². The average Bonchev–Trinajstić information content (AvgIpc) is 2.49. The first-order valence-corrected chi connectivity index (χ1v) is 7.80. The molecule has 0 heterocycles. The van der Waals surface area contributed by atoms with Gasteiger partial charge in [-0.05, 0) is 49.7 Å². The number of aryl methyl sites for hydroxylation is 1. The minimum atomic E-state index is 0.00362. The second kappa shape index (κ2) is 7.17. The lowest BCUT2D eigenvalue weighted by Crippen LogP contribution is -2.33. The van der Waals surface area contributed by atoms with Gasteiger partial charge in [-0.15, -0.1) is 0 Å². The molecule has 1 atom stereocenters. The summed E-state index contributed by atoms with van der Waals surface area (Å²) in [5, 5.41) is 1.37. The molecule has 1 unspecified atom stereocenters. The molecule has 0 aliphatic carbocycles. The Morgan fingerprint density at radius 2 is 1.76 bits per heavy atom. The maximum Gasteiger partial charge on any atom is 0.0679 e. The summed E-state index contributed by atoms with van der Waals surface area (Å²) in [7, 11) is 0. The molecule has 21 heavy (non-hydrogen) atoms. The fraction of sp³-hybridized carbons (Fsp3) is 0.294. The maximum absolute atomic E-state index is 6.34. The van der Waals surface area contributed by atoms with Crippen molar-refractivity contribution in [2.75, 3.05) is 18.0 Å². The predicted molar refractivity (Wildman–Crippen MR) is 92.5 cm³/mol. The molecule has 0 aliphatic rings. The number of benzene rings is 2. The van der Waals surface area contributed by atoms with Crippen LogP contribution in [0.3, 0.4) is 0 Å². The molecule has 2 nitrogen and oxygen atoms in total. The minimum absolute atomic E-state index is 0.00362. The van der Waals surface area contributed by atoms with Crippen molar-refractivity contribution in [3.63, 3.8) is 0 Å². The van der Waals surface area contributed by atoms with E-state index in [0.717, 1.165) is 17.8 Å². The largest absolute Gasteiger partial charge is 0.363 e. The summed E-state index contributed by atoms with van der Waals surface area (Å²) in [5.41, 5.74) is 9.36. The average molecular weight is 323 g/mol. The van der Waals surface area contributed by atoms with E-state index >= 15 is 0 Å². The first-order chi connectivity index (χ1) is 10.1. The molecule has 2 aromatic carbocycles. The van der Waals surface area contributed by atoms with Gasteiger partial charge in [0, 0.05) is 28.8 Å². The molecular formula is C17H20Cl2N2. The zero-order chi connectivity index (χ0) is 15.4. The standard InChI is InChI=1S/C17H20Cl2N2/c1-3-21(14-7-4-12(2)5-8-14)17(11-20)15-10-13(18)6-9-16(15)19/h4-10,17H,3,11,20H2,1-2H3. The minimum Gasteiger partial charge on any atom is -0.363 e. The van der Waals surface area contributed by atoms with Crippen LogP contribution in [0, 0.1) is 6.92 Å². The van der Waals surface area contributed by atoms with E-state index in [0.29, 0.717) is 16.6 Å². The van der Waals surface area contributed by atoms with Crippen molar-refractivity contribution in [2.24, 2.45) is 5.73 Å². The molecule has 2 aromatic rings. The summed E-state index contributed by atoms with van der Waals surface area (Å²) in [6, 6.07) is 14.0. The topological polar surface area (TPSA) is 29.3 Å². The van der Waals surface area contributed by atoms with Crippen LogP contribution in [0.15, 0.2) is 42.5 Å². The SMILES string of the molecule is CCN(c1ccc(C)cc1)C(CN)c1cc(Cl)ccc1Cl. The van der Waals surface area contributed by atoms with Crippen LogP contribution in [0.2, 0.25) is 10.0 Å². The van der Waals surface area contributed by atoms with Crippen LogP contribution < -0.4 is 10.6 Å². The molecule has 0 spiro atoms. The Kier molecular flexibility index (Phi) is 5.51. The van der Waals surface area contributed by atoms with Gasteiger partial charge in [-0.1, -0.05) is 40.9 Å². The molecule has 0 amide bonds. The molecule has 0 aromatic heterocycles. The predicted octanol–water partition coefficient (Wildman–Crippen LogP) is 4.83. The summed E-state index contributed by atoms with van der Waals surface area (Å²) >= 11 is 12.5. The Balaban J connectivity index is 2.42. The van der Waals surface area contributed by atoms with Gasteiger partial charge >= 0.3 is 0 Å². The third kappa shape index (κ3) is 3.70. The molecule has 0 aliphatic heterocycles. The van der Waals surface area contributed by atoms with E-state index in [1.807, 2.05) is 12.1 Å². The van der Waals surface area contributed by atoms with Gasteiger partial charge in [-0.2, -0.15) is 0 Å². The number of likely N-dealkylation sites (N-methyl/N-ethyl adjacent to an activating group) is 1. The van der Waals surface area contributed by atoms with E-state index in [9.17, 15) is 0 Å². The van der Waals surface area contributed by atoms with E-state index in [2.05, 4.69) is 43.0 Å². The molecular weight excluding hydrogens is 303 g/mol. The van der Waals surface area contributed by atoms with Crippen LogP contribution in [-0.4, -0.2) is 13.1 Å². The van der Waals surface area contributed by atoms with Gasteiger partial charge in [0.15, 0.2) is 0 Å². The number of rotatable bonds is 5. The second-order valence-electron chi connectivity index (χ2n) is 5.04. The Labute approximate surface area is 136 Å². The maximum atomic E-state index is 6.34. The van der Waals surface area contributed by atoms with Gasteiger partial charge in [-0.3, -0.25) is 0 Å². The van der Waals surface area contributed by atoms with Crippen molar-refractivity contribution < 1.29 is 0 Å². The number of anilines is 1. The molecule has 2 N–H and O–H groups in total. The van der Waals surface area contributed by atoms with Gasteiger partial charge in [0.05, 0.1) is 6.04 Å². The van der Waals surface area contributed by atoms with Gasteiger partial charge in [0.1, 0.15) is 0 Å². The normalized spacial score (nSPS) is 12.2. The van der Waals surface area contributed by atoms with E-state index in [-0.39, 0.29) is 6.04 Å². The monoisotopic (exact) mass is 322 g/mol. The lowest BCUT2D eigenvalue weighted by molar-refractivity contribution is 0.643. The van der Waals surface area contributed by atoms with Gasteiger partial charge in [0.2, 0.25) is 0 Å². The Hall–Kier alpha value is -1.22. The molecule has 2 rings (SSSR count). The van der Waals surface area contributed by atoms with Crippen LogP contribution in [0.4, 0.5) is 5.69 Å². The summed E-state index contributed by atoms with van der Waals surface area (Å²) in [6.45, 7) is 5.50. The Bertz CT molecular complexity index is 596. The van der Waals surface area contributed by atoms with Gasteiger partial charge in [-0.25, -0.2) is 0 Å². The fourth-order valence-electron chi connectivity index (χ4n) is 2.51. The Morgan fingerprint density at radius 3 is 2.33 bits per heavy atom. The first-order valence-electron chi connectivity index (χ1n) is 7.05. The van der Waals surface area contributed by atoms with Crippen molar-refractivity contribution >= 4 is 28.9 Å². The third-order valence-corrected chi connectivity index (χ3v) is 4.20. The molecule has 0 radical (unpaired) electrons. The van der Waals surface area contributed by atoms with Crippen LogP contribution in [-0.2, 0) is 0 Å².